The van der Waals surface area contributed by atoms with E-state index < -0.39 is 0 Å². The van der Waals surface area contributed by atoms with Crippen LogP contribution in [0.15, 0.2) is 17.8 Å². The highest BCUT2D eigenvalue weighted by molar-refractivity contribution is 7.15. The molecule has 1 unspecified atom stereocenters. The second kappa shape index (κ2) is 4.16. The second-order valence-electron chi connectivity index (χ2n) is 5.11. The van der Waals surface area contributed by atoms with Gasteiger partial charge in [-0.25, -0.2) is 4.98 Å². The van der Waals surface area contributed by atoms with Gasteiger partial charge in [-0.1, -0.05) is 20.8 Å². The molecule has 2 aromatic heterocycles. The van der Waals surface area contributed by atoms with Crippen molar-refractivity contribution in [1.82, 2.24) is 14.8 Å². The van der Waals surface area contributed by atoms with Crippen LogP contribution >= 0.6 is 11.3 Å². The lowest BCUT2D eigenvalue weighted by molar-refractivity contribution is 0.267. The SMILES string of the molecule is CC(C)(C)C(Cc1cn2ccsc2n1)NN. The summed E-state index contributed by atoms with van der Waals surface area (Å²) in [6.45, 7) is 6.53. The van der Waals surface area contributed by atoms with Crippen LogP contribution in [0.2, 0.25) is 0 Å². The van der Waals surface area contributed by atoms with Crippen molar-refractivity contribution >= 4 is 16.3 Å². The molecule has 16 heavy (non-hydrogen) atoms. The van der Waals surface area contributed by atoms with Crippen LogP contribution < -0.4 is 11.3 Å². The van der Waals surface area contributed by atoms with E-state index in [4.69, 9.17) is 5.84 Å². The number of hydrazine groups is 1. The van der Waals surface area contributed by atoms with E-state index in [1.165, 1.54) is 0 Å². The summed E-state index contributed by atoms with van der Waals surface area (Å²) in [4.78, 5) is 5.60. The molecule has 0 fully saturated rings. The molecule has 0 aliphatic rings. The summed E-state index contributed by atoms with van der Waals surface area (Å²) in [5.41, 5.74) is 4.10. The first-order valence-electron chi connectivity index (χ1n) is 5.38. The number of nitrogens with one attached hydrogen (secondary N) is 1. The summed E-state index contributed by atoms with van der Waals surface area (Å²) in [6, 6.07) is 0.233. The van der Waals surface area contributed by atoms with Crippen molar-refractivity contribution in [1.29, 1.82) is 0 Å². The number of aromatic nitrogens is 2. The van der Waals surface area contributed by atoms with Crippen LogP contribution in [-0.2, 0) is 6.42 Å². The number of nitrogens with zero attached hydrogens (tertiary/aromatic N) is 2. The van der Waals surface area contributed by atoms with Gasteiger partial charge < -0.3 is 0 Å². The summed E-state index contributed by atoms with van der Waals surface area (Å²) in [7, 11) is 0. The molecule has 0 spiro atoms. The predicted octanol–water partition coefficient (Wildman–Crippen LogP) is 1.82. The highest BCUT2D eigenvalue weighted by atomic mass is 32.1. The summed E-state index contributed by atoms with van der Waals surface area (Å²) in [5, 5.41) is 2.04. The van der Waals surface area contributed by atoms with Gasteiger partial charge in [0.15, 0.2) is 4.96 Å². The minimum absolute atomic E-state index is 0.131. The summed E-state index contributed by atoms with van der Waals surface area (Å²) in [5.74, 6) is 5.59. The lowest BCUT2D eigenvalue weighted by Gasteiger charge is -2.29. The highest BCUT2D eigenvalue weighted by Crippen LogP contribution is 2.22. The molecule has 0 bridgehead atoms. The van der Waals surface area contributed by atoms with Gasteiger partial charge in [0.2, 0.25) is 0 Å². The zero-order chi connectivity index (χ0) is 11.8. The van der Waals surface area contributed by atoms with E-state index in [0.717, 1.165) is 17.1 Å². The van der Waals surface area contributed by atoms with Crippen molar-refractivity contribution in [3.8, 4) is 0 Å². The molecule has 0 amide bonds. The molecule has 88 valence electrons. The van der Waals surface area contributed by atoms with Crippen molar-refractivity contribution in [3.63, 3.8) is 0 Å². The third kappa shape index (κ3) is 2.26. The van der Waals surface area contributed by atoms with Crippen LogP contribution in [0.4, 0.5) is 0 Å². The minimum atomic E-state index is 0.131. The van der Waals surface area contributed by atoms with Crippen molar-refractivity contribution in [2.24, 2.45) is 11.3 Å². The molecule has 0 saturated carbocycles. The zero-order valence-electron chi connectivity index (χ0n) is 9.90. The Kier molecular flexibility index (Phi) is 3.01. The van der Waals surface area contributed by atoms with Crippen LogP contribution in [0.3, 0.4) is 0 Å². The fourth-order valence-corrected chi connectivity index (χ4v) is 2.42. The number of nitrogens with two attached hydrogens (primary N) is 1. The molecule has 0 aliphatic carbocycles. The maximum absolute atomic E-state index is 5.59. The van der Waals surface area contributed by atoms with Gasteiger partial charge in [0.25, 0.3) is 0 Å². The van der Waals surface area contributed by atoms with Gasteiger partial charge in [0, 0.05) is 30.2 Å². The third-order valence-electron chi connectivity index (χ3n) is 2.80. The topological polar surface area (TPSA) is 55.3 Å². The molecule has 3 N–H and O–H groups in total. The van der Waals surface area contributed by atoms with E-state index in [1.54, 1.807) is 11.3 Å². The fourth-order valence-electron chi connectivity index (χ4n) is 1.70. The quantitative estimate of drug-likeness (QED) is 0.633. The van der Waals surface area contributed by atoms with Crippen molar-refractivity contribution in [2.75, 3.05) is 0 Å². The summed E-state index contributed by atoms with van der Waals surface area (Å²) in [6.07, 6.45) is 4.95. The van der Waals surface area contributed by atoms with E-state index in [2.05, 4.69) is 41.8 Å². The Labute approximate surface area is 99.5 Å². The largest absolute Gasteiger partial charge is 0.297 e. The Morgan fingerprint density at radius 2 is 2.31 bits per heavy atom. The van der Waals surface area contributed by atoms with Crippen LogP contribution in [0, 0.1) is 5.41 Å². The molecule has 0 saturated heterocycles. The fraction of sp³-hybridized carbons (Fsp3) is 0.545. The van der Waals surface area contributed by atoms with Gasteiger partial charge in [0.05, 0.1) is 5.69 Å². The van der Waals surface area contributed by atoms with E-state index >= 15 is 0 Å². The van der Waals surface area contributed by atoms with Crippen LogP contribution in [0.5, 0.6) is 0 Å². The van der Waals surface area contributed by atoms with Gasteiger partial charge in [-0.15, -0.1) is 11.3 Å². The first-order chi connectivity index (χ1) is 7.50. The van der Waals surface area contributed by atoms with E-state index in [9.17, 15) is 0 Å². The number of hydrogen-bond donors (Lipinski definition) is 2. The average molecular weight is 238 g/mol. The summed E-state index contributed by atoms with van der Waals surface area (Å²) >= 11 is 1.65. The molecule has 1 atom stereocenters. The van der Waals surface area contributed by atoms with Gasteiger partial charge in [-0.3, -0.25) is 15.7 Å². The second-order valence-corrected chi connectivity index (χ2v) is 5.99. The molecule has 0 radical (unpaired) electrons. The molecule has 2 heterocycles. The standard InChI is InChI=1S/C11H18N4S/c1-11(2,3)9(14-12)6-8-7-15-4-5-16-10(15)13-8/h4-5,7,9,14H,6,12H2,1-3H3. The Balaban J connectivity index is 2.17. The maximum Gasteiger partial charge on any atom is 0.193 e. The number of hydrogen-bond acceptors (Lipinski definition) is 4. The normalized spacial score (nSPS) is 14.5. The van der Waals surface area contributed by atoms with Crippen molar-refractivity contribution in [3.05, 3.63) is 23.5 Å². The first-order valence-corrected chi connectivity index (χ1v) is 6.26. The Hall–Kier alpha value is -0.910. The van der Waals surface area contributed by atoms with Gasteiger partial charge >= 0.3 is 0 Å². The first kappa shape index (κ1) is 11.6. The van der Waals surface area contributed by atoms with Gasteiger partial charge in [-0.05, 0) is 5.41 Å². The average Bonchev–Trinajstić information content (AvgIpc) is 2.71. The third-order valence-corrected chi connectivity index (χ3v) is 3.57. The summed E-state index contributed by atoms with van der Waals surface area (Å²) < 4.78 is 2.05. The van der Waals surface area contributed by atoms with Crippen LogP contribution in [0.25, 0.3) is 4.96 Å². The highest BCUT2D eigenvalue weighted by Gasteiger charge is 2.24. The maximum atomic E-state index is 5.59. The smallest absolute Gasteiger partial charge is 0.193 e. The molecular formula is C11H18N4S. The Morgan fingerprint density at radius 1 is 1.56 bits per heavy atom. The van der Waals surface area contributed by atoms with Crippen molar-refractivity contribution < 1.29 is 0 Å². The lowest BCUT2D eigenvalue weighted by Crippen LogP contribution is -2.45. The molecule has 2 rings (SSSR count). The number of thiazole rings is 1. The van der Waals surface area contributed by atoms with E-state index in [0.29, 0.717) is 0 Å². The molecular weight excluding hydrogens is 220 g/mol. The molecule has 0 aromatic carbocycles. The minimum Gasteiger partial charge on any atom is -0.297 e. The van der Waals surface area contributed by atoms with E-state index in [1.807, 2.05) is 11.6 Å². The monoisotopic (exact) mass is 238 g/mol. The number of rotatable bonds is 3. The van der Waals surface area contributed by atoms with E-state index in [-0.39, 0.29) is 11.5 Å². The predicted molar refractivity (Wildman–Crippen MR) is 67.3 cm³/mol. The zero-order valence-corrected chi connectivity index (χ0v) is 10.7. The van der Waals surface area contributed by atoms with Crippen molar-refractivity contribution in [2.45, 2.75) is 33.2 Å². The van der Waals surface area contributed by atoms with Crippen LogP contribution in [-0.4, -0.2) is 15.4 Å². The number of fused-ring (bicyclic) bond motifs is 1. The Bertz CT molecular complexity index is 437. The molecule has 4 nitrogen and oxygen atoms in total. The molecule has 2 aromatic rings. The molecule has 0 aliphatic heterocycles. The van der Waals surface area contributed by atoms with Gasteiger partial charge in [0.1, 0.15) is 0 Å². The van der Waals surface area contributed by atoms with Crippen LogP contribution in [0.1, 0.15) is 26.5 Å². The molecule has 5 heteroatoms. The number of imidazole rings is 1. The Morgan fingerprint density at radius 3 is 2.88 bits per heavy atom. The van der Waals surface area contributed by atoms with Gasteiger partial charge in [-0.2, -0.15) is 0 Å². The lowest BCUT2D eigenvalue weighted by atomic mass is 9.84.